The van der Waals surface area contributed by atoms with Crippen LogP contribution in [0.15, 0.2) is 48.5 Å². The van der Waals surface area contributed by atoms with Crippen LogP contribution in [0.1, 0.15) is 49.9 Å². The Labute approximate surface area is 224 Å². The van der Waals surface area contributed by atoms with E-state index in [4.69, 9.17) is 41.9 Å². The number of ether oxygens (including phenoxy) is 4. The van der Waals surface area contributed by atoms with Gasteiger partial charge < -0.3 is 41.9 Å². The molecule has 2 atom stereocenters. The highest BCUT2D eigenvalue weighted by Crippen LogP contribution is 2.42. The van der Waals surface area contributed by atoms with Gasteiger partial charge in [-0.1, -0.05) is 52.0 Å². The minimum absolute atomic E-state index is 0.134. The molecule has 8 nitrogen and oxygen atoms in total. The number of benzene rings is 3. The van der Waals surface area contributed by atoms with Gasteiger partial charge in [0.25, 0.3) is 0 Å². The highest BCUT2D eigenvalue weighted by atomic mass is 16.6. The molecule has 0 aliphatic carbocycles. The molecule has 0 spiro atoms. The Morgan fingerprint density at radius 3 is 1.16 bits per heavy atom. The molecule has 2 fully saturated rings. The van der Waals surface area contributed by atoms with Gasteiger partial charge in [-0.15, -0.1) is 0 Å². The Kier molecular flexibility index (Phi) is 6.57. The average Bonchev–Trinajstić information content (AvgIpc) is 3.78. The molecule has 0 aromatic heterocycles. The second kappa shape index (κ2) is 9.60. The molecule has 8 N–H and O–H groups in total. The van der Waals surface area contributed by atoms with E-state index in [2.05, 4.69) is 52.0 Å². The van der Waals surface area contributed by atoms with Gasteiger partial charge in [0.2, 0.25) is 0 Å². The number of rotatable bonds is 10. The van der Waals surface area contributed by atoms with Crippen molar-refractivity contribution in [3.63, 3.8) is 0 Å². The summed E-state index contributed by atoms with van der Waals surface area (Å²) in [5.74, 6) is 1.04. The summed E-state index contributed by atoms with van der Waals surface area (Å²) < 4.78 is 22.0. The molecule has 2 heterocycles. The lowest BCUT2D eigenvalue weighted by Crippen LogP contribution is -2.22. The molecule has 2 saturated heterocycles. The zero-order valence-electron chi connectivity index (χ0n) is 22.5. The highest BCUT2D eigenvalue weighted by Gasteiger charge is 2.30. The van der Waals surface area contributed by atoms with Gasteiger partial charge in [-0.05, 0) is 46.5 Å². The Morgan fingerprint density at radius 1 is 0.605 bits per heavy atom. The predicted molar refractivity (Wildman–Crippen MR) is 152 cm³/mol. The zero-order chi connectivity index (χ0) is 27.2. The van der Waals surface area contributed by atoms with Gasteiger partial charge in [-0.25, -0.2) is 0 Å². The van der Waals surface area contributed by atoms with Gasteiger partial charge >= 0.3 is 0 Å². The lowest BCUT2D eigenvalue weighted by molar-refractivity contribution is 0.265. The fourth-order valence-corrected chi connectivity index (χ4v) is 4.72. The Bertz CT molecular complexity index is 1180. The number of nitrogen functional groups attached to an aromatic ring is 4. The first-order chi connectivity index (χ1) is 18.0. The van der Waals surface area contributed by atoms with Gasteiger partial charge in [-0.2, -0.15) is 0 Å². The highest BCUT2D eigenvalue weighted by molar-refractivity contribution is 5.71. The second-order valence-electron chi connectivity index (χ2n) is 11.3. The van der Waals surface area contributed by atoms with Crippen molar-refractivity contribution < 1.29 is 18.9 Å². The molecule has 202 valence electrons. The molecule has 0 radical (unpaired) electrons. The van der Waals surface area contributed by atoms with Crippen LogP contribution in [0.2, 0.25) is 0 Å². The van der Waals surface area contributed by atoms with Crippen LogP contribution in [0.3, 0.4) is 0 Å². The van der Waals surface area contributed by atoms with E-state index < -0.39 is 0 Å². The SMILES string of the molecule is CC(C)(c1ccc(C(C)(C)c2cc(N)c(OC[C@H]3CO3)c(N)c2)cc1)c1cc(N)c(OCC2CO2)c(N)c1. The molecule has 2 aliphatic rings. The number of anilines is 4. The Balaban J connectivity index is 1.36. The van der Waals surface area contributed by atoms with Crippen LogP contribution in [0, 0.1) is 0 Å². The zero-order valence-corrected chi connectivity index (χ0v) is 22.5. The minimum Gasteiger partial charge on any atom is -0.486 e. The van der Waals surface area contributed by atoms with Crippen molar-refractivity contribution >= 4 is 22.7 Å². The number of epoxide rings is 2. The quantitative estimate of drug-likeness (QED) is 0.230. The third-order valence-corrected chi connectivity index (χ3v) is 7.70. The third-order valence-electron chi connectivity index (χ3n) is 7.70. The molecular formula is C30H38N4O4. The van der Waals surface area contributed by atoms with Crippen molar-refractivity contribution in [2.24, 2.45) is 0 Å². The van der Waals surface area contributed by atoms with E-state index in [0.717, 1.165) is 22.3 Å². The van der Waals surface area contributed by atoms with Gasteiger partial charge in [-0.3, -0.25) is 0 Å². The van der Waals surface area contributed by atoms with E-state index in [0.29, 0.717) is 60.7 Å². The number of hydrogen-bond acceptors (Lipinski definition) is 8. The molecule has 38 heavy (non-hydrogen) atoms. The smallest absolute Gasteiger partial charge is 0.165 e. The van der Waals surface area contributed by atoms with Gasteiger partial charge in [0, 0.05) is 10.8 Å². The summed E-state index contributed by atoms with van der Waals surface area (Å²) in [7, 11) is 0. The summed E-state index contributed by atoms with van der Waals surface area (Å²) >= 11 is 0. The van der Waals surface area contributed by atoms with Crippen molar-refractivity contribution in [3.05, 3.63) is 70.8 Å². The summed E-state index contributed by atoms with van der Waals surface area (Å²) in [4.78, 5) is 0. The van der Waals surface area contributed by atoms with E-state index in [-0.39, 0.29) is 23.0 Å². The van der Waals surface area contributed by atoms with Crippen LogP contribution in [0.25, 0.3) is 0 Å². The lowest BCUT2D eigenvalue weighted by Gasteiger charge is -2.30. The van der Waals surface area contributed by atoms with Crippen LogP contribution >= 0.6 is 0 Å². The average molecular weight is 519 g/mol. The molecule has 2 aliphatic heterocycles. The molecule has 1 unspecified atom stereocenters. The van der Waals surface area contributed by atoms with Crippen LogP contribution in [0.5, 0.6) is 11.5 Å². The van der Waals surface area contributed by atoms with E-state index in [1.54, 1.807) is 0 Å². The van der Waals surface area contributed by atoms with Gasteiger partial charge in [0.1, 0.15) is 25.4 Å². The molecule has 3 aromatic rings. The van der Waals surface area contributed by atoms with Crippen LogP contribution in [-0.4, -0.2) is 38.6 Å². The summed E-state index contributed by atoms with van der Waals surface area (Å²) in [5, 5.41) is 0. The van der Waals surface area contributed by atoms with E-state index >= 15 is 0 Å². The van der Waals surface area contributed by atoms with E-state index in [1.165, 1.54) is 0 Å². The van der Waals surface area contributed by atoms with Crippen LogP contribution in [-0.2, 0) is 20.3 Å². The van der Waals surface area contributed by atoms with Crippen molar-refractivity contribution in [1.29, 1.82) is 0 Å². The summed E-state index contributed by atoms with van der Waals surface area (Å²) in [5.41, 5.74) is 31.1. The predicted octanol–water partition coefficient (Wildman–Crippen LogP) is 4.22. The minimum atomic E-state index is -0.331. The van der Waals surface area contributed by atoms with Crippen molar-refractivity contribution in [1.82, 2.24) is 0 Å². The molecule has 0 amide bonds. The standard InChI is InChI=1S/C30H38N4O4/c1-29(2,19-9-23(31)27(24(32)10-19)37-15-21-13-35-21)17-5-7-18(8-6-17)30(3,4)20-11-25(33)28(26(34)12-20)38-16-22-14-36-22/h5-12,21-22H,13-16,31-34H2,1-4H3/t21-,22?/m1/s1. The molecule has 8 heteroatoms. The maximum atomic E-state index is 6.34. The van der Waals surface area contributed by atoms with Crippen molar-refractivity contribution in [2.45, 2.75) is 50.7 Å². The fourth-order valence-electron chi connectivity index (χ4n) is 4.72. The molecular weight excluding hydrogens is 480 g/mol. The van der Waals surface area contributed by atoms with Crippen molar-refractivity contribution in [3.8, 4) is 11.5 Å². The maximum Gasteiger partial charge on any atom is 0.165 e. The summed E-state index contributed by atoms with van der Waals surface area (Å²) in [6.07, 6.45) is 0.267. The second-order valence-corrected chi connectivity index (χ2v) is 11.3. The molecule has 3 aromatic carbocycles. The summed E-state index contributed by atoms with van der Waals surface area (Å²) in [6.45, 7) is 11.0. The Morgan fingerprint density at radius 2 is 0.895 bits per heavy atom. The topological polar surface area (TPSA) is 148 Å². The monoisotopic (exact) mass is 518 g/mol. The third kappa shape index (κ3) is 5.19. The maximum absolute atomic E-state index is 6.34. The fraction of sp³-hybridized carbons (Fsp3) is 0.400. The molecule has 5 rings (SSSR count). The van der Waals surface area contributed by atoms with Gasteiger partial charge in [0.15, 0.2) is 11.5 Å². The van der Waals surface area contributed by atoms with Gasteiger partial charge in [0.05, 0.1) is 36.0 Å². The normalized spacial score (nSPS) is 18.7. The van der Waals surface area contributed by atoms with E-state index in [1.807, 2.05) is 24.3 Å². The largest absolute Gasteiger partial charge is 0.486 e. The van der Waals surface area contributed by atoms with Crippen LogP contribution < -0.4 is 32.4 Å². The van der Waals surface area contributed by atoms with E-state index in [9.17, 15) is 0 Å². The number of hydrogen-bond donors (Lipinski definition) is 4. The first kappa shape index (κ1) is 26.0. The molecule has 0 bridgehead atoms. The Hall–Kier alpha value is -3.62. The first-order valence-electron chi connectivity index (χ1n) is 13.0. The lowest BCUT2D eigenvalue weighted by atomic mass is 9.74. The summed E-state index contributed by atoms with van der Waals surface area (Å²) in [6, 6.07) is 16.4. The van der Waals surface area contributed by atoms with Crippen molar-refractivity contribution in [2.75, 3.05) is 49.4 Å². The first-order valence-corrected chi connectivity index (χ1v) is 13.0. The number of nitrogens with two attached hydrogens (primary N) is 4. The molecule has 0 saturated carbocycles. The van der Waals surface area contributed by atoms with Crippen LogP contribution in [0.4, 0.5) is 22.7 Å².